The third-order valence-electron chi connectivity index (χ3n) is 3.83. The lowest BCUT2D eigenvalue weighted by Gasteiger charge is -2.41. The molecule has 1 N–H and O–H groups in total. The number of carboxylic acids is 1. The van der Waals surface area contributed by atoms with Gasteiger partial charge in [-0.1, -0.05) is 0 Å². The van der Waals surface area contributed by atoms with Crippen LogP contribution in [0.2, 0.25) is 0 Å². The topological polar surface area (TPSA) is 37.3 Å². The van der Waals surface area contributed by atoms with Crippen molar-refractivity contribution in [2.24, 2.45) is 0 Å². The van der Waals surface area contributed by atoms with E-state index in [-0.39, 0.29) is 6.92 Å². The second kappa shape index (κ2) is 8.46. The zero-order valence-electron chi connectivity index (χ0n) is 15.0. The molecule has 0 saturated carbocycles. The van der Waals surface area contributed by atoms with Crippen molar-refractivity contribution >= 4 is 5.97 Å². The summed E-state index contributed by atoms with van der Waals surface area (Å²) >= 11 is 0. The Morgan fingerprint density at radius 1 is 0.750 bits per heavy atom. The molecule has 0 heterocycles. The summed E-state index contributed by atoms with van der Waals surface area (Å²) < 4.78 is 210. The first-order valence-corrected chi connectivity index (χ1v) is 7.61. The molecule has 0 fully saturated rings. The van der Waals surface area contributed by atoms with Crippen molar-refractivity contribution in [2.75, 3.05) is 0 Å². The van der Waals surface area contributed by atoms with E-state index < -0.39 is 78.3 Å². The lowest BCUT2D eigenvalue weighted by molar-refractivity contribution is -0.424. The summed E-state index contributed by atoms with van der Waals surface area (Å²) in [7, 11) is 0. The Kier molecular flexibility index (Phi) is 7.95. The Bertz CT molecular complexity index is 721. The molecule has 0 radical (unpaired) electrons. The molecule has 1 unspecified atom stereocenters. The fraction of sp³-hybridized carbons (Fsp3) is 0.786. The normalized spacial score (nSPS) is 16.8. The van der Waals surface area contributed by atoms with Crippen molar-refractivity contribution in [3.8, 4) is 0 Å². The van der Waals surface area contributed by atoms with Crippen LogP contribution in [-0.4, -0.2) is 59.0 Å². The molecule has 32 heavy (non-hydrogen) atoms. The summed E-state index contributed by atoms with van der Waals surface area (Å²) in [6, 6.07) is 0. The van der Waals surface area contributed by atoms with Gasteiger partial charge in [-0.2, -0.15) is 65.9 Å². The van der Waals surface area contributed by atoms with Crippen molar-refractivity contribution < 1.29 is 80.1 Å². The molecule has 0 aromatic heterocycles. The summed E-state index contributed by atoms with van der Waals surface area (Å²) in [5.41, 5.74) is -1.89. The minimum absolute atomic E-state index is 0.0553. The highest BCUT2D eigenvalue weighted by Gasteiger charge is 2.90. The first-order valence-electron chi connectivity index (χ1n) is 7.61. The number of allylic oxidation sites excluding steroid dienone is 1. The standard InChI is InChI=1S/C14H10F16O2/c1-5(7(31)32)4-8(16,17)11(23,24)13(27,28)14(29,30)12(25,26)10(21,22)6(15)2-3-9(18,19)20/h4,6H,2-3H2,1H3,(H,31,32). The molecule has 0 saturated heterocycles. The third-order valence-corrected chi connectivity index (χ3v) is 3.83. The number of halogens is 16. The highest BCUT2D eigenvalue weighted by Crippen LogP contribution is 2.61. The van der Waals surface area contributed by atoms with E-state index in [2.05, 4.69) is 0 Å². The van der Waals surface area contributed by atoms with Crippen molar-refractivity contribution in [1.29, 1.82) is 0 Å². The van der Waals surface area contributed by atoms with Crippen LogP contribution in [0.25, 0.3) is 0 Å². The van der Waals surface area contributed by atoms with Crippen LogP contribution < -0.4 is 0 Å². The number of carboxylic acid groups (broad SMARTS) is 1. The zero-order chi connectivity index (χ0) is 26.4. The van der Waals surface area contributed by atoms with Crippen LogP contribution in [-0.2, 0) is 4.79 Å². The van der Waals surface area contributed by atoms with Crippen LogP contribution in [0.5, 0.6) is 0 Å². The van der Waals surface area contributed by atoms with Gasteiger partial charge in [-0.25, -0.2) is 9.18 Å². The zero-order valence-corrected chi connectivity index (χ0v) is 15.0. The van der Waals surface area contributed by atoms with Crippen molar-refractivity contribution in [3.05, 3.63) is 11.6 Å². The average molecular weight is 514 g/mol. The van der Waals surface area contributed by atoms with Crippen molar-refractivity contribution in [2.45, 2.75) is 67.6 Å². The summed E-state index contributed by atoms with van der Waals surface area (Å²) in [5, 5.41) is 8.26. The van der Waals surface area contributed by atoms with Crippen LogP contribution in [0.4, 0.5) is 70.2 Å². The molecule has 1 atom stereocenters. The summed E-state index contributed by atoms with van der Waals surface area (Å²) in [4.78, 5) is 10.3. The largest absolute Gasteiger partial charge is 0.478 e. The van der Waals surface area contributed by atoms with Crippen LogP contribution in [0.3, 0.4) is 0 Å². The number of hydrogen-bond donors (Lipinski definition) is 1. The molecule has 0 aliphatic carbocycles. The van der Waals surface area contributed by atoms with Gasteiger partial charge in [0, 0.05) is 18.1 Å². The van der Waals surface area contributed by atoms with Gasteiger partial charge in [0.05, 0.1) is 0 Å². The Labute approximate surface area is 166 Å². The predicted octanol–water partition coefficient (Wildman–Crippen LogP) is 6.51. The predicted molar refractivity (Wildman–Crippen MR) is 71.3 cm³/mol. The highest BCUT2D eigenvalue weighted by molar-refractivity contribution is 5.86. The van der Waals surface area contributed by atoms with Crippen LogP contribution in [0, 0.1) is 0 Å². The molecule has 0 amide bonds. The lowest BCUT2D eigenvalue weighted by atomic mass is 9.88. The SMILES string of the molecule is CC(=CC(F)(F)C(F)(F)C(F)(F)C(F)(F)C(F)(F)C(F)(F)C(F)CCC(F)(F)F)C(=O)O. The van der Waals surface area contributed by atoms with E-state index in [0.29, 0.717) is 0 Å². The highest BCUT2D eigenvalue weighted by atomic mass is 19.4. The molecule has 18 heteroatoms. The summed E-state index contributed by atoms with van der Waals surface area (Å²) in [6.45, 7) is 0.0553. The summed E-state index contributed by atoms with van der Waals surface area (Å²) in [5.74, 6) is -48.3. The van der Waals surface area contributed by atoms with Crippen LogP contribution >= 0.6 is 0 Å². The van der Waals surface area contributed by atoms with Crippen molar-refractivity contribution in [1.82, 2.24) is 0 Å². The van der Waals surface area contributed by atoms with Gasteiger partial charge in [-0.15, -0.1) is 0 Å². The molecule has 0 aromatic carbocycles. The van der Waals surface area contributed by atoms with E-state index in [1.807, 2.05) is 0 Å². The Balaban J connectivity index is 6.42. The fourth-order valence-electron chi connectivity index (χ4n) is 1.91. The van der Waals surface area contributed by atoms with Gasteiger partial charge in [0.15, 0.2) is 6.17 Å². The first-order chi connectivity index (χ1) is 13.7. The smallest absolute Gasteiger partial charge is 0.389 e. The van der Waals surface area contributed by atoms with Gasteiger partial charge in [-0.3, -0.25) is 0 Å². The molecule has 2 nitrogen and oxygen atoms in total. The molecule has 0 aliphatic rings. The first kappa shape index (κ1) is 30.1. The van der Waals surface area contributed by atoms with E-state index >= 15 is 0 Å². The number of rotatable bonds is 10. The van der Waals surface area contributed by atoms with Gasteiger partial charge in [0.25, 0.3) is 0 Å². The van der Waals surface area contributed by atoms with Gasteiger partial charge in [0.1, 0.15) is 0 Å². The Morgan fingerprint density at radius 3 is 1.47 bits per heavy atom. The second-order valence-corrected chi connectivity index (χ2v) is 6.30. The summed E-state index contributed by atoms with van der Waals surface area (Å²) in [6.07, 6.45) is -17.4. The maximum Gasteiger partial charge on any atom is 0.389 e. The number of carbonyl (C=O) groups is 1. The van der Waals surface area contributed by atoms with Gasteiger partial charge >= 0.3 is 47.7 Å². The van der Waals surface area contributed by atoms with E-state index in [9.17, 15) is 75.0 Å². The molecule has 0 rings (SSSR count). The minimum Gasteiger partial charge on any atom is -0.478 e. The molecular formula is C14H10F16O2. The monoisotopic (exact) mass is 514 g/mol. The molecule has 0 aliphatic heterocycles. The van der Waals surface area contributed by atoms with E-state index in [0.717, 1.165) is 0 Å². The molecule has 0 spiro atoms. The Hall–Kier alpha value is -1.91. The van der Waals surface area contributed by atoms with Crippen molar-refractivity contribution in [3.63, 3.8) is 0 Å². The maximum absolute atomic E-state index is 13.5. The Morgan fingerprint density at radius 2 is 1.12 bits per heavy atom. The van der Waals surface area contributed by atoms with Crippen LogP contribution in [0.1, 0.15) is 19.8 Å². The van der Waals surface area contributed by atoms with Gasteiger partial charge in [-0.05, 0) is 13.3 Å². The average Bonchev–Trinajstić information content (AvgIpc) is 2.57. The molecule has 190 valence electrons. The number of aliphatic carboxylic acids is 1. The minimum atomic E-state index is -8.19. The second-order valence-electron chi connectivity index (χ2n) is 6.30. The molecule has 0 aromatic rings. The lowest BCUT2D eigenvalue weighted by Crippen LogP contribution is -2.71. The van der Waals surface area contributed by atoms with Gasteiger partial charge in [0.2, 0.25) is 0 Å². The van der Waals surface area contributed by atoms with E-state index in [4.69, 9.17) is 5.11 Å². The third kappa shape index (κ3) is 5.02. The van der Waals surface area contributed by atoms with E-state index in [1.165, 1.54) is 0 Å². The number of alkyl halides is 16. The number of hydrogen-bond acceptors (Lipinski definition) is 1. The molecule has 0 bridgehead atoms. The van der Waals surface area contributed by atoms with E-state index in [1.54, 1.807) is 0 Å². The fourth-order valence-corrected chi connectivity index (χ4v) is 1.91. The molecular weight excluding hydrogens is 504 g/mol. The van der Waals surface area contributed by atoms with Crippen LogP contribution in [0.15, 0.2) is 11.6 Å². The quantitative estimate of drug-likeness (QED) is 0.267. The van der Waals surface area contributed by atoms with Gasteiger partial charge < -0.3 is 5.11 Å². The maximum atomic E-state index is 13.5.